The zero-order valence-electron chi connectivity index (χ0n) is 34.5. The second kappa shape index (κ2) is 12.7. The molecule has 0 nitrogen and oxygen atoms in total. The van der Waals surface area contributed by atoms with E-state index in [0.29, 0.717) is 0 Å². The summed E-state index contributed by atoms with van der Waals surface area (Å²) >= 11 is 0. The lowest BCUT2D eigenvalue weighted by Crippen LogP contribution is -2.14. The molecule has 2 aliphatic rings. The molecule has 0 heteroatoms. The molecule has 0 aliphatic heterocycles. The molecule has 12 rings (SSSR count). The second-order valence-corrected chi connectivity index (χ2v) is 18.0. The molecule has 0 bridgehead atoms. The van der Waals surface area contributed by atoms with Crippen LogP contribution in [0.15, 0.2) is 194 Å². The average Bonchev–Trinajstić information content (AvgIpc) is 3.67. The molecule has 0 fully saturated rings. The number of benzene rings is 10. The fraction of sp³-hybridized carbons (Fsp3) is 0.100. The Hall–Kier alpha value is -7.02. The molecule has 0 unspecified atom stereocenters. The van der Waals surface area contributed by atoms with Gasteiger partial charge in [-0.1, -0.05) is 210 Å². The van der Waals surface area contributed by atoms with Crippen molar-refractivity contribution < 1.29 is 0 Å². The molecule has 0 saturated carbocycles. The Labute approximate surface area is 352 Å². The second-order valence-electron chi connectivity index (χ2n) is 18.0. The lowest BCUT2D eigenvalue weighted by atomic mass is 9.80. The van der Waals surface area contributed by atoms with Gasteiger partial charge in [0.05, 0.1) is 0 Å². The molecule has 284 valence electrons. The maximum absolute atomic E-state index is 2.49. The molecule has 0 heterocycles. The molecule has 0 saturated heterocycles. The van der Waals surface area contributed by atoms with E-state index in [0.717, 1.165) is 0 Å². The fourth-order valence-corrected chi connectivity index (χ4v) is 11.1. The molecule has 2 aliphatic carbocycles. The van der Waals surface area contributed by atoms with E-state index in [-0.39, 0.29) is 10.8 Å². The van der Waals surface area contributed by atoms with Crippen LogP contribution in [0.3, 0.4) is 0 Å². The highest BCUT2D eigenvalue weighted by Crippen LogP contribution is 2.55. The summed E-state index contributed by atoms with van der Waals surface area (Å²) in [6.45, 7) is 9.52. The van der Waals surface area contributed by atoms with Gasteiger partial charge in [-0.15, -0.1) is 0 Å². The Morgan fingerprint density at radius 2 is 0.733 bits per heavy atom. The van der Waals surface area contributed by atoms with Gasteiger partial charge in [-0.05, 0) is 133 Å². The van der Waals surface area contributed by atoms with Crippen molar-refractivity contribution in [2.45, 2.75) is 38.5 Å². The van der Waals surface area contributed by atoms with E-state index in [4.69, 9.17) is 0 Å². The van der Waals surface area contributed by atoms with E-state index >= 15 is 0 Å². The van der Waals surface area contributed by atoms with E-state index in [1.165, 1.54) is 121 Å². The average molecular weight is 765 g/mol. The molecule has 0 atom stereocenters. The summed E-state index contributed by atoms with van der Waals surface area (Å²) in [6.07, 6.45) is 0. The van der Waals surface area contributed by atoms with Crippen LogP contribution in [0.1, 0.15) is 49.9 Å². The third-order valence-corrected chi connectivity index (χ3v) is 14.1. The minimum atomic E-state index is -0.0979. The van der Waals surface area contributed by atoms with E-state index in [1.54, 1.807) is 0 Å². The molecule has 10 aromatic carbocycles. The highest BCUT2D eigenvalue weighted by molar-refractivity contribution is 6.23. The maximum Gasteiger partial charge on any atom is 0.0159 e. The van der Waals surface area contributed by atoms with Crippen molar-refractivity contribution in [1.82, 2.24) is 0 Å². The third kappa shape index (κ3) is 4.91. The molecule has 0 N–H and O–H groups in total. The highest BCUT2D eigenvalue weighted by atomic mass is 14.4. The first-order chi connectivity index (χ1) is 29.3. The molecule has 0 amide bonds. The maximum atomic E-state index is 2.49. The normalized spacial score (nSPS) is 14.3. The lowest BCUT2D eigenvalue weighted by molar-refractivity contribution is 0.660. The Kier molecular flexibility index (Phi) is 7.42. The van der Waals surface area contributed by atoms with Crippen LogP contribution < -0.4 is 0 Å². The van der Waals surface area contributed by atoms with E-state index in [1.807, 2.05) is 0 Å². The SMILES string of the molecule is CC1(C)c2ccccc2-c2ccc(-c3ccc4c(-c5ccc(-c6cccc7ccccc67)cc5)c5ccccc5c(-c5cccc6c5-c5ccccc5C6(C)C)c4c3)cc21. The van der Waals surface area contributed by atoms with Crippen LogP contribution in [0.25, 0.3) is 99.1 Å². The first-order valence-corrected chi connectivity index (χ1v) is 21.3. The van der Waals surface area contributed by atoms with Crippen molar-refractivity contribution in [3.63, 3.8) is 0 Å². The molecule has 0 spiro atoms. The number of rotatable bonds is 4. The van der Waals surface area contributed by atoms with Crippen molar-refractivity contribution in [2.75, 3.05) is 0 Å². The summed E-state index contributed by atoms with van der Waals surface area (Å²) in [5.41, 5.74) is 20.9. The Morgan fingerprint density at radius 3 is 1.53 bits per heavy atom. The van der Waals surface area contributed by atoms with Crippen LogP contribution in [-0.2, 0) is 10.8 Å². The van der Waals surface area contributed by atoms with Gasteiger partial charge in [-0.3, -0.25) is 0 Å². The molecular formula is C60H44. The Bertz CT molecular complexity index is 3400. The van der Waals surface area contributed by atoms with Crippen molar-refractivity contribution in [3.05, 3.63) is 216 Å². The fourth-order valence-electron chi connectivity index (χ4n) is 11.1. The summed E-state index contributed by atoms with van der Waals surface area (Å²) in [5, 5.41) is 7.62. The van der Waals surface area contributed by atoms with E-state index < -0.39 is 0 Å². The van der Waals surface area contributed by atoms with E-state index in [9.17, 15) is 0 Å². The first-order valence-electron chi connectivity index (χ1n) is 21.3. The summed E-state index contributed by atoms with van der Waals surface area (Å²) < 4.78 is 0. The van der Waals surface area contributed by atoms with Gasteiger partial charge in [-0.25, -0.2) is 0 Å². The first kappa shape index (κ1) is 35.0. The van der Waals surface area contributed by atoms with Gasteiger partial charge in [0.2, 0.25) is 0 Å². The third-order valence-electron chi connectivity index (χ3n) is 14.1. The Morgan fingerprint density at radius 1 is 0.250 bits per heavy atom. The van der Waals surface area contributed by atoms with Gasteiger partial charge >= 0.3 is 0 Å². The van der Waals surface area contributed by atoms with Crippen LogP contribution in [0.5, 0.6) is 0 Å². The van der Waals surface area contributed by atoms with Gasteiger partial charge in [0.1, 0.15) is 0 Å². The van der Waals surface area contributed by atoms with Gasteiger partial charge in [-0.2, -0.15) is 0 Å². The standard InChI is InChI=1S/C60H44/c1-59(2)53-25-12-10-21-49(53)58-50(23-14-26-54(58)59)57-47-20-8-7-19-46(47)56(39-29-27-38(28-30-39)43-22-13-16-37-15-5-6-17-42(37)43)48-34-32-40(35-51(48)57)41-31-33-45-44-18-9-11-24-52(44)60(3,4)55(45)36-41/h5-36H,1-4H3. The zero-order chi connectivity index (χ0) is 40.3. The van der Waals surface area contributed by atoms with Gasteiger partial charge in [0.25, 0.3) is 0 Å². The molecule has 0 aromatic heterocycles. The molecule has 0 radical (unpaired) electrons. The van der Waals surface area contributed by atoms with Gasteiger partial charge in [0.15, 0.2) is 0 Å². The van der Waals surface area contributed by atoms with Crippen LogP contribution in [0, 0.1) is 0 Å². The molecular weight excluding hydrogens is 721 g/mol. The van der Waals surface area contributed by atoms with Crippen LogP contribution in [0.4, 0.5) is 0 Å². The van der Waals surface area contributed by atoms with Crippen molar-refractivity contribution in [1.29, 1.82) is 0 Å². The lowest BCUT2D eigenvalue weighted by Gasteiger charge is -2.23. The molecule has 60 heavy (non-hydrogen) atoms. The Balaban J connectivity index is 1.13. The number of hydrogen-bond donors (Lipinski definition) is 0. The highest BCUT2D eigenvalue weighted by Gasteiger charge is 2.38. The number of fused-ring (bicyclic) bond motifs is 9. The largest absolute Gasteiger partial charge is 0.0619 e. The predicted molar refractivity (Wildman–Crippen MR) is 256 cm³/mol. The topological polar surface area (TPSA) is 0 Å². The smallest absolute Gasteiger partial charge is 0.0159 e. The van der Waals surface area contributed by atoms with Crippen molar-refractivity contribution >= 4 is 32.3 Å². The zero-order valence-corrected chi connectivity index (χ0v) is 34.5. The van der Waals surface area contributed by atoms with E-state index in [2.05, 4.69) is 222 Å². The van der Waals surface area contributed by atoms with Crippen molar-refractivity contribution in [3.8, 4) is 66.8 Å². The minimum absolute atomic E-state index is 0.0731. The molecule has 10 aromatic rings. The summed E-state index contributed by atoms with van der Waals surface area (Å²) in [5.74, 6) is 0. The van der Waals surface area contributed by atoms with Crippen LogP contribution in [-0.4, -0.2) is 0 Å². The van der Waals surface area contributed by atoms with Crippen LogP contribution in [0.2, 0.25) is 0 Å². The minimum Gasteiger partial charge on any atom is -0.0619 e. The quantitative estimate of drug-likeness (QED) is 0.157. The number of hydrogen-bond acceptors (Lipinski definition) is 0. The predicted octanol–water partition coefficient (Wildman–Crippen LogP) is 16.4. The summed E-state index contributed by atoms with van der Waals surface area (Å²) in [4.78, 5) is 0. The van der Waals surface area contributed by atoms with Gasteiger partial charge in [0, 0.05) is 10.8 Å². The summed E-state index contributed by atoms with van der Waals surface area (Å²) in [6, 6.07) is 73.1. The van der Waals surface area contributed by atoms with Gasteiger partial charge < -0.3 is 0 Å². The monoisotopic (exact) mass is 764 g/mol. The van der Waals surface area contributed by atoms with Crippen molar-refractivity contribution in [2.24, 2.45) is 0 Å². The van der Waals surface area contributed by atoms with Crippen LogP contribution >= 0.6 is 0 Å². The summed E-state index contributed by atoms with van der Waals surface area (Å²) in [7, 11) is 0.